The Balaban J connectivity index is 1.80. The van der Waals surface area contributed by atoms with Gasteiger partial charge in [0.1, 0.15) is 0 Å². The van der Waals surface area contributed by atoms with Gasteiger partial charge in [-0.05, 0) is 60.4 Å². The monoisotopic (exact) mass is 394 g/mol. The maximum atomic E-state index is 4.42. The molecule has 0 spiro atoms. The molecule has 5 rings (SSSR count). The Kier molecular flexibility index (Phi) is 4.43. The summed E-state index contributed by atoms with van der Waals surface area (Å²) in [5.41, 5.74) is 9.78. The van der Waals surface area contributed by atoms with Crippen molar-refractivity contribution >= 4 is 21.5 Å². The summed E-state index contributed by atoms with van der Waals surface area (Å²) in [6.07, 6.45) is 1.75. The molecule has 0 atom stereocenters. The number of benzene rings is 3. The zero-order valence-corrected chi connectivity index (χ0v) is 17.9. The van der Waals surface area contributed by atoms with Crippen LogP contribution in [0.25, 0.3) is 21.5 Å². The van der Waals surface area contributed by atoms with Crippen molar-refractivity contribution in [1.29, 1.82) is 0 Å². The van der Waals surface area contributed by atoms with Gasteiger partial charge in [0.05, 0.1) is 11.4 Å². The van der Waals surface area contributed by atoms with Crippen molar-refractivity contribution in [2.75, 3.05) is 0 Å². The van der Waals surface area contributed by atoms with Gasteiger partial charge in [-0.1, -0.05) is 48.5 Å². The highest BCUT2D eigenvalue weighted by atomic mass is 15.1. The highest BCUT2D eigenvalue weighted by molar-refractivity contribution is 6.06. The van der Waals surface area contributed by atoms with Crippen LogP contribution >= 0.6 is 0 Å². The van der Waals surface area contributed by atoms with Gasteiger partial charge in [-0.25, -0.2) is 0 Å². The summed E-state index contributed by atoms with van der Waals surface area (Å²) in [4.78, 5) is 0. The number of nitrogens with one attached hydrogen (secondary N) is 2. The fraction of sp³-hybridized carbons (Fsp3) is 0.231. The molecule has 0 aliphatic heterocycles. The van der Waals surface area contributed by atoms with Crippen molar-refractivity contribution in [1.82, 2.24) is 20.4 Å². The number of nitrogens with zero attached hydrogens (tertiary/aromatic N) is 2. The van der Waals surface area contributed by atoms with Crippen molar-refractivity contribution < 1.29 is 0 Å². The predicted molar refractivity (Wildman–Crippen MR) is 123 cm³/mol. The molecular formula is C26H26N4. The predicted octanol–water partition coefficient (Wildman–Crippen LogP) is 5.85. The number of aryl methyl sites for hydroxylation is 4. The Hall–Kier alpha value is -3.40. The largest absolute Gasteiger partial charge is 0.282 e. The molecule has 4 nitrogen and oxygen atoms in total. The van der Waals surface area contributed by atoms with Gasteiger partial charge in [0.2, 0.25) is 0 Å². The Morgan fingerprint density at radius 1 is 0.533 bits per heavy atom. The molecule has 3 aromatic carbocycles. The van der Waals surface area contributed by atoms with Gasteiger partial charge in [-0.15, -0.1) is 0 Å². The lowest BCUT2D eigenvalue weighted by Gasteiger charge is -2.17. The van der Waals surface area contributed by atoms with E-state index in [4.69, 9.17) is 0 Å². The second kappa shape index (κ2) is 7.13. The molecule has 0 bridgehead atoms. The molecule has 0 saturated heterocycles. The van der Waals surface area contributed by atoms with E-state index in [0.29, 0.717) is 0 Å². The Labute approximate surface area is 176 Å². The van der Waals surface area contributed by atoms with E-state index < -0.39 is 0 Å². The lowest BCUT2D eigenvalue weighted by Crippen LogP contribution is -2.00. The summed E-state index contributed by atoms with van der Waals surface area (Å²) in [6, 6.07) is 17.6. The van der Waals surface area contributed by atoms with E-state index >= 15 is 0 Å². The summed E-state index contributed by atoms with van der Waals surface area (Å²) in [5.74, 6) is 0. The molecule has 2 heterocycles. The Morgan fingerprint density at radius 3 is 1.13 bits per heavy atom. The van der Waals surface area contributed by atoms with Crippen LogP contribution in [-0.2, 0) is 12.8 Å². The average molecular weight is 395 g/mol. The van der Waals surface area contributed by atoms with Crippen molar-refractivity contribution in [3.63, 3.8) is 0 Å². The van der Waals surface area contributed by atoms with Crippen LogP contribution in [-0.4, -0.2) is 20.4 Å². The summed E-state index contributed by atoms with van der Waals surface area (Å²) in [7, 11) is 0. The van der Waals surface area contributed by atoms with E-state index in [1.165, 1.54) is 43.8 Å². The van der Waals surface area contributed by atoms with E-state index in [-0.39, 0.29) is 0 Å². The first-order valence-corrected chi connectivity index (χ1v) is 10.5. The van der Waals surface area contributed by atoms with Gasteiger partial charge in [0, 0.05) is 35.4 Å². The lowest BCUT2D eigenvalue weighted by atomic mass is 9.86. The van der Waals surface area contributed by atoms with Gasteiger partial charge >= 0.3 is 0 Å². The first-order chi connectivity index (χ1) is 14.5. The fourth-order valence-corrected chi connectivity index (χ4v) is 4.71. The highest BCUT2D eigenvalue weighted by Gasteiger charge is 2.18. The van der Waals surface area contributed by atoms with Crippen LogP contribution in [0.15, 0.2) is 48.5 Å². The quantitative estimate of drug-likeness (QED) is 0.375. The van der Waals surface area contributed by atoms with Gasteiger partial charge in [0.25, 0.3) is 0 Å². The van der Waals surface area contributed by atoms with Gasteiger partial charge in [-0.2, -0.15) is 10.2 Å². The number of rotatable bonds is 4. The molecule has 0 amide bonds. The van der Waals surface area contributed by atoms with Gasteiger partial charge in [0.15, 0.2) is 0 Å². The van der Waals surface area contributed by atoms with Crippen LogP contribution in [0.5, 0.6) is 0 Å². The number of hydrogen-bond donors (Lipinski definition) is 2. The van der Waals surface area contributed by atoms with E-state index in [9.17, 15) is 0 Å². The molecule has 0 fully saturated rings. The Morgan fingerprint density at radius 2 is 0.867 bits per heavy atom. The number of fused-ring (bicyclic) bond motifs is 2. The topological polar surface area (TPSA) is 57.4 Å². The Bertz CT molecular complexity index is 1190. The smallest absolute Gasteiger partial charge is 0.0629 e. The number of aromatic amines is 2. The molecule has 0 aliphatic carbocycles. The summed E-state index contributed by atoms with van der Waals surface area (Å²) >= 11 is 0. The third-order valence-corrected chi connectivity index (χ3v) is 6.42. The normalized spacial score (nSPS) is 11.6. The van der Waals surface area contributed by atoms with Crippen molar-refractivity contribution in [3.8, 4) is 0 Å². The zero-order valence-electron chi connectivity index (χ0n) is 17.9. The molecule has 4 heteroatoms. The van der Waals surface area contributed by atoms with Gasteiger partial charge in [-0.3, -0.25) is 10.2 Å². The average Bonchev–Trinajstić information content (AvgIpc) is 3.25. The minimum absolute atomic E-state index is 0.874. The second-order valence-electron chi connectivity index (χ2n) is 8.23. The lowest BCUT2D eigenvalue weighted by molar-refractivity contribution is 1.02. The van der Waals surface area contributed by atoms with E-state index in [1.54, 1.807) is 0 Å². The third kappa shape index (κ3) is 2.91. The molecule has 0 aliphatic rings. The van der Waals surface area contributed by atoms with Gasteiger partial charge < -0.3 is 0 Å². The molecule has 5 aromatic rings. The van der Waals surface area contributed by atoms with Crippen LogP contribution in [0, 0.1) is 27.7 Å². The summed E-state index contributed by atoms with van der Waals surface area (Å²) in [5, 5.41) is 20.4. The van der Waals surface area contributed by atoms with Crippen molar-refractivity contribution in [2.24, 2.45) is 0 Å². The SMILES string of the molecule is Cc1n[nH]c(C)c1Cc1c2ccccc2c(Cc2c(C)n[nH]c2C)c2ccccc12. The van der Waals surface area contributed by atoms with Crippen molar-refractivity contribution in [3.05, 3.63) is 93.6 Å². The maximum absolute atomic E-state index is 4.42. The first-order valence-electron chi connectivity index (χ1n) is 10.5. The molecule has 2 N–H and O–H groups in total. The minimum atomic E-state index is 0.874. The summed E-state index contributed by atoms with van der Waals surface area (Å²) in [6.45, 7) is 8.39. The molecule has 0 unspecified atom stereocenters. The van der Waals surface area contributed by atoms with Crippen LogP contribution in [0.2, 0.25) is 0 Å². The molecule has 150 valence electrons. The number of aromatic nitrogens is 4. The van der Waals surface area contributed by atoms with Crippen LogP contribution in [0.3, 0.4) is 0 Å². The molecular weight excluding hydrogens is 368 g/mol. The third-order valence-electron chi connectivity index (χ3n) is 6.42. The summed E-state index contributed by atoms with van der Waals surface area (Å²) < 4.78 is 0. The van der Waals surface area contributed by atoms with E-state index in [2.05, 4.69) is 96.6 Å². The second-order valence-corrected chi connectivity index (χ2v) is 8.23. The molecule has 2 aromatic heterocycles. The fourth-order valence-electron chi connectivity index (χ4n) is 4.71. The zero-order chi connectivity index (χ0) is 20.8. The standard InChI is InChI=1S/C26H26N4/c1-15-23(16(2)28-27-15)13-25-19-9-5-7-11-21(19)26(22-12-8-6-10-20(22)25)14-24-17(3)29-30-18(24)4/h5-12H,13-14H2,1-4H3,(H,27,28)(H,29,30). The van der Waals surface area contributed by atoms with Crippen LogP contribution < -0.4 is 0 Å². The van der Waals surface area contributed by atoms with E-state index in [0.717, 1.165) is 35.6 Å². The van der Waals surface area contributed by atoms with Crippen LogP contribution in [0.1, 0.15) is 45.0 Å². The highest BCUT2D eigenvalue weighted by Crippen LogP contribution is 2.36. The number of hydrogen-bond acceptors (Lipinski definition) is 2. The molecule has 0 saturated carbocycles. The first kappa shape index (κ1) is 18.6. The molecule has 30 heavy (non-hydrogen) atoms. The van der Waals surface area contributed by atoms with Crippen molar-refractivity contribution in [2.45, 2.75) is 40.5 Å². The van der Waals surface area contributed by atoms with E-state index in [1.807, 2.05) is 0 Å². The van der Waals surface area contributed by atoms with Crippen LogP contribution in [0.4, 0.5) is 0 Å². The molecule has 0 radical (unpaired) electrons. The minimum Gasteiger partial charge on any atom is -0.282 e. The maximum Gasteiger partial charge on any atom is 0.0629 e. The number of H-pyrrole nitrogens is 2.